The van der Waals surface area contributed by atoms with E-state index in [1.165, 1.54) is 0 Å². The SMILES string of the molecule is CCc1nc(-c2ccc(OC)c(C#N)c2)c(N)n1CC. The van der Waals surface area contributed by atoms with Crippen LogP contribution in [-0.2, 0) is 13.0 Å². The molecule has 20 heavy (non-hydrogen) atoms. The third kappa shape index (κ3) is 2.21. The Kier molecular flexibility index (Phi) is 3.94. The number of methoxy groups -OCH3 is 1. The molecule has 0 aliphatic carbocycles. The van der Waals surface area contributed by atoms with Crippen molar-refractivity contribution in [1.29, 1.82) is 5.26 Å². The third-order valence-electron chi connectivity index (χ3n) is 3.31. The summed E-state index contributed by atoms with van der Waals surface area (Å²) < 4.78 is 7.14. The summed E-state index contributed by atoms with van der Waals surface area (Å²) in [6.07, 6.45) is 0.819. The van der Waals surface area contributed by atoms with Crippen LogP contribution in [0.1, 0.15) is 25.2 Å². The molecule has 2 rings (SSSR count). The molecule has 0 amide bonds. The Labute approximate surface area is 118 Å². The van der Waals surface area contributed by atoms with Gasteiger partial charge in [-0.15, -0.1) is 0 Å². The number of rotatable bonds is 4. The van der Waals surface area contributed by atoms with Gasteiger partial charge in [-0.3, -0.25) is 0 Å². The number of nitrogens with zero attached hydrogens (tertiary/aromatic N) is 3. The zero-order valence-electron chi connectivity index (χ0n) is 12.0. The van der Waals surface area contributed by atoms with E-state index in [4.69, 9.17) is 15.7 Å². The van der Waals surface area contributed by atoms with Crippen LogP contribution in [0.2, 0.25) is 0 Å². The number of hydrogen-bond acceptors (Lipinski definition) is 4. The first-order valence-electron chi connectivity index (χ1n) is 6.59. The van der Waals surface area contributed by atoms with E-state index < -0.39 is 0 Å². The fraction of sp³-hybridized carbons (Fsp3) is 0.333. The molecule has 0 atom stereocenters. The number of nitrogens with two attached hydrogens (primary N) is 1. The molecule has 2 N–H and O–H groups in total. The lowest BCUT2D eigenvalue weighted by molar-refractivity contribution is 0.413. The lowest BCUT2D eigenvalue weighted by Gasteiger charge is -2.06. The first-order valence-corrected chi connectivity index (χ1v) is 6.59. The van der Waals surface area contributed by atoms with Crippen molar-refractivity contribution in [2.24, 2.45) is 0 Å². The van der Waals surface area contributed by atoms with Crippen molar-refractivity contribution >= 4 is 5.82 Å². The highest BCUT2D eigenvalue weighted by Crippen LogP contribution is 2.30. The van der Waals surface area contributed by atoms with Crippen LogP contribution < -0.4 is 10.5 Å². The predicted octanol–water partition coefficient (Wildman–Crippen LogP) is 2.59. The van der Waals surface area contributed by atoms with Crippen LogP contribution in [0.3, 0.4) is 0 Å². The summed E-state index contributed by atoms with van der Waals surface area (Å²) in [6, 6.07) is 7.53. The van der Waals surface area contributed by atoms with Gasteiger partial charge in [-0.25, -0.2) is 4.98 Å². The third-order valence-corrected chi connectivity index (χ3v) is 3.31. The Morgan fingerprint density at radius 1 is 1.40 bits per heavy atom. The van der Waals surface area contributed by atoms with Gasteiger partial charge in [0.2, 0.25) is 0 Å². The second-order valence-corrected chi connectivity index (χ2v) is 4.39. The van der Waals surface area contributed by atoms with Crippen molar-refractivity contribution in [2.45, 2.75) is 26.8 Å². The van der Waals surface area contributed by atoms with Crippen LogP contribution in [0.15, 0.2) is 18.2 Å². The maximum Gasteiger partial charge on any atom is 0.136 e. The first kappa shape index (κ1) is 13.9. The van der Waals surface area contributed by atoms with Crippen molar-refractivity contribution in [1.82, 2.24) is 9.55 Å². The van der Waals surface area contributed by atoms with Gasteiger partial charge in [-0.1, -0.05) is 6.92 Å². The van der Waals surface area contributed by atoms with E-state index >= 15 is 0 Å². The first-order chi connectivity index (χ1) is 9.65. The molecule has 0 aliphatic heterocycles. The van der Waals surface area contributed by atoms with Gasteiger partial charge >= 0.3 is 0 Å². The Hall–Kier alpha value is -2.48. The minimum Gasteiger partial charge on any atom is -0.495 e. The van der Waals surface area contributed by atoms with E-state index in [1.807, 2.05) is 24.5 Å². The van der Waals surface area contributed by atoms with E-state index in [0.717, 1.165) is 30.0 Å². The van der Waals surface area contributed by atoms with Crippen molar-refractivity contribution in [3.8, 4) is 23.1 Å². The summed E-state index contributed by atoms with van der Waals surface area (Å²) in [5, 5.41) is 9.16. The number of imidazole rings is 1. The van der Waals surface area contributed by atoms with Gasteiger partial charge in [0.25, 0.3) is 0 Å². The second-order valence-electron chi connectivity index (χ2n) is 4.39. The fourth-order valence-corrected chi connectivity index (χ4v) is 2.29. The molecular formula is C15H18N4O. The molecule has 1 heterocycles. The molecule has 1 aromatic carbocycles. The number of ether oxygens (including phenoxy) is 1. The number of hydrogen-bond donors (Lipinski definition) is 1. The molecule has 5 heteroatoms. The Morgan fingerprint density at radius 2 is 2.15 bits per heavy atom. The van der Waals surface area contributed by atoms with Gasteiger partial charge < -0.3 is 15.0 Å². The van der Waals surface area contributed by atoms with Crippen molar-refractivity contribution in [3.05, 3.63) is 29.6 Å². The second kappa shape index (κ2) is 5.66. The maximum atomic E-state index is 9.16. The van der Waals surface area contributed by atoms with Crippen LogP contribution in [0.25, 0.3) is 11.3 Å². The summed E-state index contributed by atoms with van der Waals surface area (Å²) in [4.78, 5) is 4.59. The predicted molar refractivity (Wildman–Crippen MR) is 78.4 cm³/mol. The number of nitriles is 1. The van der Waals surface area contributed by atoms with Crippen molar-refractivity contribution in [2.75, 3.05) is 12.8 Å². The molecule has 0 fully saturated rings. The molecule has 1 aromatic heterocycles. The summed E-state index contributed by atoms with van der Waals surface area (Å²) in [5.74, 6) is 2.15. The van der Waals surface area contributed by atoms with Gasteiger partial charge in [0.15, 0.2) is 0 Å². The molecular weight excluding hydrogens is 252 g/mol. The van der Waals surface area contributed by atoms with Gasteiger partial charge in [0, 0.05) is 18.5 Å². The average molecular weight is 270 g/mol. The number of nitrogen functional groups attached to an aromatic ring is 1. The van der Waals surface area contributed by atoms with Gasteiger partial charge in [-0.05, 0) is 25.1 Å². The zero-order valence-corrected chi connectivity index (χ0v) is 12.0. The molecule has 2 aromatic rings. The number of aromatic nitrogens is 2. The molecule has 0 spiro atoms. The Morgan fingerprint density at radius 3 is 2.65 bits per heavy atom. The molecule has 0 radical (unpaired) electrons. The molecule has 0 saturated carbocycles. The minimum atomic E-state index is 0.480. The molecule has 0 bridgehead atoms. The molecule has 0 unspecified atom stereocenters. The Balaban J connectivity index is 2.58. The standard InChI is InChI=1S/C15H18N4O/c1-4-13-18-14(15(17)19(13)5-2)10-6-7-12(20-3)11(8-10)9-16/h6-8H,4-5,17H2,1-3H3. The smallest absolute Gasteiger partial charge is 0.136 e. The molecule has 0 aliphatic rings. The summed E-state index contributed by atoms with van der Waals surface area (Å²) in [5.41, 5.74) is 8.21. The van der Waals surface area contributed by atoms with Crippen LogP contribution >= 0.6 is 0 Å². The van der Waals surface area contributed by atoms with E-state index in [2.05, 4.69) is 11.1 Å². The van der Waals surface area contributed by atoms with Gasteiger partial charge in [-0.2, -0.15) is 5.26 Å². The van der Waals surface area contributed by atoms with E-state index in [-0.39, 0.29) is 0 Å². The molecule has 5 nitrogen and oxygen atoms in total. The van der Waals surface area contributed by atoms with Gasteiger partial charge in [0.05, 0.1) is 12.7 Å². The highest BCUT2D eigenvalue weighted by atomic mass is 16.5. The van der Waals surface area contributed by atoms with Crippen molar-refractivity contribution in [3.63, 3.8) is 0 Å². The normalized spacial score (nSPS) is 10.3. The van der Waals surface area contributed by atoms with Crippen LogP contribution in [0.4, 0.5) is 5.82 Å². The number of benzene rings is 1. The highest BCUT2D eigenvalue weighted by Gasteiger charge is 2.15. The average Bonchev–Trinajstić information content (AvgIpc) is 2.82. The van der Waals surface area contributed by atoms with E-state index in [1.54, 1.807) is 19.2 Å². The molecule has 0 saturated heterocycles. The lowest BCUT2D eigenvalue weighted by atomic mass is 10.1. The monoisotopic (exact) mass is 270 g/mol. The maximum absolute atomic E-state index is 9.16. The van der Waals surface area contributed by atoms with E-state index in [0.29, 0.717) is 17.1 Å². The summed E-state index contributed by atoms with van der Waals surface area (Å²) in [6.45, 7) is 4.87. The van der Waals surface area contributed by atoms with E-state index in [9.17, 15) is 0 Å². The zero-order chi connectivity index (χ0) is 14.7. The summed E-state index contributed by atoms with van der Waals surface area (Å²) in [7, 11) is 1.55. The van der Waals surface area contributed by atoms with Crippen LogP contribution in [0, 0.1) is 11.3 Å². The van der Waals surface area contributed by atoms with Crippen LogP contribution in [0.5, 0.6) is 5.75 Å². The van der Waals surface area contributed by atoms with Gasteiger partial charge in [0.1, 0.15) is 29.2 Å². The van der Waals surface area contributed by atoms with Crippen LogP contribution in [-0.4, -0.2) is 16.7 Å². The lowest BCUT2D eigenvalue weighted by Crippen LogP contribution is -2.04. The quantitative estimate of drug-likeness (QED) is 0.926. The Bertz CT molecular complexity index is 667. The molecule has 104 valence electrons. The number of anilines is 1. The van der Waals surface area contributed by atoms with Crippen molar-refractivity contribution < 1.29 is 4.74 Å². The minimum absolute atomic E-state index is 0.480. The highest BCUT2D eigenvalue weighted by molar-refractivity contribution is 5.73. The topological polar surface area (TPSA) is 76.9 Å². The largest absolute Gasteiger partial charge is 0.495 e. The fourth-order valence-electron chi connectivity index (χ4n) is 2.29. The number of aryl methyl sites for hydroxylation is 1. The summed E-state index contributed by atoms with van der Waals surface area (Å²) >= 11 is 0.